The second kappa shape index (κ2) is 3.99. The van der Waals surface area contributed by atoms with E-state index in [1.165, 1.54) is 6.20 Å². The van der Waals surface area contributed by atoms with Gasteiger partial charge in [-0.2, -0.15) is 0 Å². The van der Waals surface area contributed by atoms with E-state index in [0.29, 0.717) is 6.41 Å². The maximum atomic E-state index is 9.35. The number of nitrogens with one attached hydrogen (secondary N) is 1. The van der Waals surface area contributed by atoms with Crippen molar-refractivity contribution in [2.45, 2.75) is 0 Å². The normalized spacial score (nSPS) is 5.33. The third-order valence-electron chi connectivity index (χ3n) is 0.253. The van der Waals surface area contributed by atoms with E-state index < -0.39 is 0 Å². The molecule has 32 valence electrons. The Labute approximate surface area is 36.2 Å². The monoisotopic (exact) mass is 83.0 g/mol. The average Bonchev–Trinajstić information content (AvgIpc) is 1.61. The highest BCUT2D eigenvalue weighted by molar-refractivity contribution is 5.47. The van der Waals surface area contributed by atoms with Crippen LogP contribution >= 0.6 is 0 Å². The van der Waals surface area contributed by atoms with E-state index >= 15 is 0 Å². The van der Waals surface area contributed by atoms with Crippen LogP contribution in [0, 0.1) is 0 Å². The second-order valence-corrected chi connectivity index (χ2v) is 0.633. The molecule has 0 aliphatic rings. The molecule has 0 saturated heterocycles. The molecular weight excluding hydrogens is 78.0 g/mol. The first-order valence-electron chi connectivity index (χ1n) is 1.46. The molecule has 2 nitrogen and oxygen atoms in total. The quantitative estimate of drug-likeness (QED) is 0.370. The van der Waals surface area contributed by atoms with Crippen LogP contribution in [0.1, 0.15) is 0 Å². The lowest BCUT2D eigenvalue weighted by molar-refractivity contribution is -0.108. The first kappa shape index (κ1) is 4.99. The van der Waals surface area contributed by atoms with Crippen LogP contribution in [0.4, 0.5) is 0 Å². The molecule has 2 heteroatoms. The first-order valence-corrected chi connectivity index (χ1v) is 1.46. The molecule has 1 N–H and O–H groups in total. The topological polar surface area (TPSA) is 29.1 Å². The van der Waals surface area contributed by atoms with Crippen molar-refractivity contribution >= 4 is 6.41 Å². The minimum absolute atomic E-state index is 0.554. The molecule has 0 fully saturated rings. The van der Waals surface area contributed by atoms with E-state index in [1.54, 1.807) is 0 Å². The van der Waals surface area contributed by atoms with Gasteiger partial charge in [0.05, 0.1) is 0 Å². The van der Waals surface area contributed by atoms with Gasteiger partial charge in [-0.15, -0.1) is 5.73 Å². The highest BCUT2D eigenvalue weighted by atomic mass is 16.1. The van der Waals surface area contributed by atoms with Gasteiger partial charge in [-0.3, -0.25) is 4.79 Å². The Morgan fingerprint density at radius 3 is 2.67 bits per heavy atom. The van der Waals surface area contributed by atoms with Crippen molar-refractivity contribution in [3.8, 4) is 0 Å². The van der Waals surface area contributed by atoms with Gasteiger partial charge in [0.1, 0.15) is 0 Å². The molecule has 0 aromatic carbocycles. The molecule has 0 spiro atoms. The van der Waals surface area contributed by atoms with Crippen molar-refractivity contribution < 1.29 is 4.79 Å². The fourth-order valence-corrected chi connectivity index (χ4v) is 0.0929. The molecule has 0 rings (SSSR count). The summed E-state index contributed by atoms with van der Waals surface area (Å²) in [6, 6.07) is 0. The Morgan fingerprint density at radius 2 is 2.50 bits per heavy atom. The summed E-state index contributed by atoms with van der Waals surface area (Å²) in [7, 11) is 0. The minimum Gasteiger partial charge on any atom is -0.328 e. The summed E-state index contributed by atoms with van der Waals surface area (Å²) in [4.78, 5) is 9.35. The number of hydrogen-bond acceptors (Lipinski definition) is 1. The van der Waals surface area contributed by atoms with Gasteiger partial charge in [0.25, 0.3) is 0 Å². The standard InChI is InChI=1S/C4H5NO/c1-2-3-5-4-6/h3-4H,1H2,(H,5,6). The molecule has 1 amide bonds. The molecule has 0 heterocycles. The maximum absolute atomic E-state index is 9.35. The van der Waals surface area contributed by atoms with Gasteiger partial charge in [-0.1, -0.05) is 6.58 Å². The molecule has 6 heavy (non-hydrogen) atoms. The third-order valence-corrected chi connectivity index (χ3v) is 0.253. The predicted octanol–water partition coefficient (Wildman–Crippen LogP) is 0.0310. The molecule has 0 saturated carbocycles. The van der Waals surface area contributed by atoms with Gasteiger partial charge in [0.15, 0.2) is 0 Å². The molecule has 0 bridgehead atoms. The van der Waals surface area contributed by atoms with Crippen molar-refractivity contribution in [3.63, 3.8) is 0 Å². The van der Waals surface area contributed by atoms with Crippen LogP contribution in [-0.4, -0.2) is 6.41 Å². The van der Waals surface area contributed by atoms with Crippen LogP contribution in [0.15, 0.2) is 18.5 Å². The summed E-state index contributed by atoms with van der Waals surface area (Å²) in [5, 5.41) is 2.22. The maximum Gasteiger partial charge on any atom is 0.211 e. The van der Waals surface area contributed by atoms with Gasteiger partial charge in [-0.25, -0.2) is 0 Å². The summed E-state index contributed by atoms with van der Waals surface area (Å²) >= 11 is 0. The number of carbonyl (C=O) groups excluding carboxylic acids is 1. The van der Waals surface area contributed by atoms with Crippen molar-refractivity contribution in [2.75, 3.05) is 0 Å². The van der Waals surface area contributed by atoms with Crippen molar-refractivity contribution in [1.29, 1.82) is 0 Å². The molecule has 0 aliphatic carbocycles. The SMILES string of the molecule is C=C=CNC=O. The summed E-state index contributed by atoms with van der Waals surface area (Å²) < 4.78 is 0. The van der Waals surface area contributed by atoms with Crippen LogP contribution in [0.5, 0.6) is 0 Å². The van der Waals surface area contributed by atoms with E-state index in [-0.39, 0.29) is 0 Å². The Hall–Kier alpha value is -1.01. The van der Waals surface area contributed by atoms with Crippen LogP contribution in [0.3, 0.4) is 0 Å². The lowest BCUT2D eigenvalue weighted by atomic mass is 10.9. The third kappa shape index (κ3) is 2.99. The lowest BCUT2D eigenvalue weighted by Crippen LogP contribution is -1.96. The Balaban J connectivity index is 3.07. The summed E-state index contributed by atoms with van der Waals surface area (Å²) in [5.41, 5.74) is 2.35. The minimum atomic E-state index is 0.554. The fourth-order valence-electron chi connectivity index (χ4n) is 0.0929. The van der Waals surface area contributed by atoms with E-state index in [4.69, 9.17) is 0 Å². The summed E-state index contributed by atoms with van der Waals surface area (Å²) in [5.74, 6) is 0. The molecule has 0 aromatic heterocycles. The first-order chi connectivity index (χ1) is 2.91. The highest BCUT2D eigenvalue weighted by Gasteiger charge is 1.53. The highest BCUT2D eigenvalue weighted by Crippen LogP contribution is 1.43. The van der Waals surface area contributed by atoms with Gasteiger partial charge in [0, 0.05) is 6.20 Å². The van der Waals surface area contributed by atoms with Gasteiger partial charge >= 0.3 is 0 Å². The molecular formula is C4H5NO. The van der Waals surface area contributed by atoms with Crippen molar-refractivity contribution in [2.24, 2.45) is 0 Å². The van der Waals surface area contributed by atoms with E-state index in [0.717, 1.165) is 0 Å². The molecule has 0 aromatic rings. The van der Waals surface area contributed by atoms with Crippen LogP contribution in [0.25, 0.3) is 0 Å². The van der Waals surface area contributed by atoms with Crippen LogP contribution in [0.2, 0.25) is 0 Å². The predicted molar refractivity (Wildman–Crippen MR) is 22.9 cm³/mol. The zero-order valence-corrected chi connectivity index (χ0v) is 3.27. The zero-order chi connectivity index (χ0) is 4.83. The lowest BCUT2D eigenvalue weighted by Gasteiger charge is -1.70. The van der Waals surface area contributed by atoms with Gasteiger partial charge in [0.2, 0.25) is 6.41 Å². The second-order valence-electron chi connectivity index (χ2n) is 0.633. The molecule has 0 atom stereocenters. The van der Waals surface area contributed by atoms with Crippen LogP contribution in [-0.2, 0) is 4.79 Å². The molecule has 0 radical (unpaired) electrons. The zero-order valence-electron chi connectivity index (χ0n) is 3.27. The number of carbonyl (C=O) groups is 1. The van der Waals surface area contributed by atoms with E-state index in [1.807, 2.05) is 0 Å². The van der Waals surface area contributed by atoms with Crippen LogP contribution < -0.4 is 5.32 Å². The molecule has 0 aliphatic heterocycles. The number of amides is 1. The fraction of sp³-hybridized carbons (Fsp3) is 0. The number of hydrogen-bond donors (Lipinski definition) is 1. The largest absolute Gasteiger partial charge is 0.328 e. The van der Waals surface area contributed by atoms with Crippen molar-refractivity contribution in [1.82, 2.24) is 5.32 Å². The van der Waals surface area contributed by atoms with Gasteiger partial charge in [-0.05, 0) is 0 Å². The smallest absolute Gasteiger partial charge is 0.211 e. The Bertz CT molecular complexity index is 81.5. The summed E-state index contributed by atoms with van der Waals surface area (Å²) in [6.07, 6.45) is 1.88. The summed E-state index contributed by atoms with van der Waals surface area (Å²) in [6.45, 7) is 3.20. The Kier molecular flexibility index (Phi) is 3.32. The van der Waals surface area contributed by atoms with E-state index in [9.17, 15) is 4.79 Å². The van der Waals surface area contributed by atoms with Crippen molar-refractivity contribution in [3.05, 3.63) is 18.5 Å². The number of rotatable bonds is 2. The molecule has 0 unspecified atom stereocenters. The Morgan fingerprint density at radius 1 is 1.83 bits per heavy atom. The van der Waals surface area contributed by atoms with E-state index in [2.05, 4.69) is 17.6 Å². The average molecular weight is 83.1 g/mol. The van der Waals surface area contributed by atoms with Gasteiger partial charge < -0.3 is 5.32 Å².